The number of carbonyl (C=O) groups is 1. The van der Waals surface area contributed by atoms with Gasteiger partial charge in [-0.15, -0.1) is 0 Å². The van der Waals surface area contributed by atoms with Crippen LogP contribution in [0.4, 0.5) is 0 Å². The van der Waals surface area contributed by atoms with Gasteiger partial charge in [0.05, 0.1) is 9.79 Å². The normalized spacial score (nSPS) is 11.8. The molecule has 0 fully saturated rings. The second-order valence-corrected chi connectivity index (χ2v) is 10.5. The number of nitrogens with zero attached hydrogens (tertiary/aromatic N) is 2. The van der Waals surface area contributed by atoms with E-state index in [-0.39, 0.29) is 28.3 Å². The molecule has 1 aromatic heterocycles. The molecule has 0 spiro atoms. The predicted molar refractivity (Wildman–Crippen MR) is 131 cm³/mol. The second-order valence-electron chi connectivity index (χ2n) is 8.56. The van der Waals surface area contributed by atoms with Gasteiger partial charge in [-0.1, -0.05) is 66.2 Å². The molecule has 4 rings (SSSR count). The Morgan fingerprint density at radius 3 is 2.21 bits per heavy atom. The van der Waals surface area contributed by atoms with Crippen molar-refractivity contribution in [3.05, 3.63) is 96.2 Å². The van der Waals surface area contributed by atoms with E-state index in [1.807, 2.05) is 74.2 Å². The molecular weight excluding hydrogens is 432 g/mol. The van der Waals surface area contributed by atoms with Gasteiger partial charge in [-0.05, 0) is 44.5 Å². The molecule has 0 saturated heterocycles. The van der Waals surface area contributed by atoms with Crippen molar-refractivity contribution in [1.29, 1.82) is 0 Å². The van der Waals surface area contributed by atoms with Crippen molar-refractivity contribution in [3.63, 3.8) is 0 Å². The zero-order chi connectivity index (χ0) is 23.6. The fraction of sp³-hybridized carbons (Fsp3) is 0.222. The molecule has 0 saturated carbocycles. The molecule has 0 aliphatic heterocycles. The Labute approximate surface area is 195 Å². The molecule has 1 heterocycles. The maximum atomic E-state index is 13.4. The van der Waals surface area contributed by atoms with Crippen LogP contribution < -0.4 is 0 Å². The molecule has 0 bridgehead atoms. The van der Waals surface area contributed by atoms with Crippen molar-refractivity contribution in [2.45, 2.75) is 49.7 Å². The third-order valence-electron chi connectivity index (χ3n) is 5.82. The molecule has 6 heteroatoms. The van der Waals surface area contributed by atoms with Gasteiger partial charge in [0.15, 0.2) is 0 Å². The van der Waals surface area contributed by atoms with E-state index in [0.29, 0.717) is 11.9 Å². The highest BCUT2D eigenvalue weighted by atomic mass is 32.2. The van der Waals surface area contributed by atoms with E-state index < -0.39 is 9.84 Å². The van der Waals surface area contributed by atoms with Crippen molar-refractivity contribution >= 4 is 26.6 Å². The van der Waals surface area contributed by atoms with Crippen molar-refractivity contribution in [1.82, 2.24) is 9.47 Å². The Balaban J connectivity index is 1.70. The van der Waals surface area contributed by atoms with Crippen molar-refractivity contribution in [2.24, 2.45) is 0 Å². The summed E-state index contributed by atoms with van der Waals surface area (Å²) >= 11 is 0. The summed E-state index contributed by atoms with van der Waals surface area (Å²) in [5.41, 5.74) is 2.77. The summed E-state index contributed by atoms with van der Waals surface area (Å²) in [6, 6.07) is 24.0. The number of carbonyl (C=O) groups excluding carboxylic acids is 1. The minimum Gasteiger partial charge on any atom is -0.337 e. The van der Waals surface area contributed by atoms with Gasteiger partial charge in [0, 0.05) is 29.7 Å². The lowest BCUT2D eigenvalue weighted by atomic mass is 10.2. The molecule has 170 valence electrons. The maximum Gasteiger partial charge on any atom is 0.243 e. The van der Waals surface area contributed by atoms with Crippen LogP contribution in [-0.4, -0.2) is 29.8 Å². The maximum absolute atomic E-state index is 13.4. The van der Waals surface area contributed by atoms with Crippen molar-refractivity contribution < 1.29 is 13.2 Å². The second kappa shape index (κ2) is 9.24. The van der Waals surface area contributed by atoms with E-state index in [1.165, 1.54) is 0 Å². The average molecular weight is 461 g/mol. The van der Waals surface area contributed by atoms with Crippen LogP contribution >= 0.6 is 0 Å². The van der Waals surface area contributed by atoms with Crippen LogP contribution in [0.3, 0.4) is 0 Å². The highest BCUT2D eigenvalue weighted by Gasteiger charge is 2.25. The fourth-order valence-corrected chi connectivity index (χ4v) is 5.45. The van der Waals surface area contributed by atoms with Crippen LogP contribution in [0.1, 0.15) is 25.0 Å². The summed E-state index contributed by atoms with van der Waals surface area (Å²) in [6.45, 7) is 6.47. The van der Waals surface area contributed by atoms with Crippen LogP contribution in [0.15, 0.2) is 94.9 Å². The number of aryl methyl sites for hydroxylation is 1. The van der Waals surface area contributed by atoms with E-state index in [2.05, 4.69) is 0 Å². The lowest BCUT2D eigenvalue weighted by Crippen LogP contribution is -2.38. The van der Waals surface area contributed by atoms with Crippen molar-refractivity contribution in [2.75, 3.05) is 0 Å². The molecule has 3 aromatic carbocycles. The van der Waals surface area contributed by atoms with E-state index in [9.17, 15) is 13.2 Å². The first-order valence-corrected chi connectivity index (χ1v) is 12.5. The summed E-state index contributed by atoms with van der Waals surface area (Å²) in [6.07, 6.45) is 1.60. The lowest BCUT2D eigenvalue weighted by molar-refractivity contribution is -0.134. The summed E-state index contributed by atoms with van der Waals surface area (Å²) in [5, 5.41) is 0.616. The number of aromatic nitrogens is 1. The van der Waals surface area contributed by atoms with Gasteiger partial charge in [0.25, 0.3) is 0 Å². The third-order valence-corrected chi connectivity index (χ3v) is 7.61. The van der Waals surface area contributed by atoms with Gasteiger partial charge in [-0.3, -0.25) is 4.79 Å². The molecule has 4 aromatic rings. The van der Waals surface area contributed by atoms with Gasteiger partial charge in [0.1, 0.15) is 6.54 Å². The largest absolute Gasteiger partial charge is 0.337 e. The summed E-state index contributed by atoms with van der Waals surface area (Å²) < 4.78 is 28.6. The molecule has 0 atom stereocenters. The summed E-state index contributed by atoms with van der Waals surface area (Å²) in [7, 11) is -3.73. The molecule has 1 amide bonds. The van der Waals surface area contributed by atoms with E-state index >= 15 is 0 Å². The monoisotopic (exact) mass is 460 g/mol. The lowest BCUT2D eigenvalue weighted by Gasteiger charge is -2.27. The Kier molecular flexibility index (Phi) is 6.38. The van der Waals surface area contributed by atoms with Crippen LogP contribution in [-0.2, 0) is 27.7 Å². The average Bonchev–Trinajstić information content (AvgIpc) is 3.17. The number of para-hydroxylation sites is 1. The SMILES string of the molecule is Cc1ccc(S(=O)(=O)c2cn(CC(=O)N(Cc3ccccc3)C(C)C)c3ccccc23)cc1. The third kappa shape index (κ3) is 4.71. The minimum atomic E-state index is -3.73. The highest BCUT2D eigenvalue weighted by Crippen LogP contribution is 2.30. The number of amides is 1. The number of hydrogen-bond donors (Lipinski definition) is 0. The van der Waals surface area contributed by atoms with Crippen LogP contribution in [0.5, 0.6) is 0 Å². The zero-order valence-corrected chi connectivity index (χ0v) is 19.9. The molecule has 0 aliphatic carbocycles. The number of sulfone groups is 1. The smallest absolute Gasteiger partial charge is 0.243 e. The zero-order valence-electron chi connectivity index (χ0n) is 19.1. The number of hydrogen-bond acceptors (Lipinski definition) is 3. The quantitative estimate of drug-likeness (QED) is 0.380. The summed E-state index contributed by atoms with van der Waals surface area (Å²) in [5.74, 6) is -0.0612. The highest BCUT2D eigenvalue weighted by molar-refractivity contribution is 7.91. The van der Waals surface area contributed by atoms with Crippen LogP contribution in [0.25, 0.3) is 10.9 Å². The Bertz CT molecular complexity index is 1370. The van der Waals surface area contributed by atoms with Gasteiger partial charge >= 0.3 is 0 Å². The van der Waals surface area contributed by atoms with E-state index in [1.54, 1.807) is 41.1 Å². The number of fused-ring (bicyclic) bond motifs is 1. The fourth-order valence-electron chi connectivity index (χ4n) is 3.98. The van der Waals surface area contributed by atoms with Gasteiger partial charge in [-0.2, -0.15) is 0 Å². The van der Waals surface area contributed by atoms with Gasteiger partial charge < -0.3 is 9.47 Å². The van der Waals surface area contributed by atoms with E-state index in [4.69, 9.17) is 0 Å². The standard InChI is InChI=1S/C27H28N2O3S/c1-20(2)29(17-22-9-5-4-6-10-22)27(30)19-28-18-26(24-11-7-8-12-25(24)28)33(31,32)23-15-13-21(3)14-16-23/h4-16,18,20H,17,19H2,1-3H3. The summed E-state index contributed by atoms with van der Waals surface area (Å²) in [4.78, 5) is 15.6. The van der Waals surface area contributed by atoms with Crippen LogP contribution in [0.2, 0.25) is 0 Å². The molecular formula is C27H28N2O3S. The van der Waals surface area contributed by atoms with Gasteiger partial charge in [-0.25, -0.2) is 8.42 Å². The van der Waals surface area contributed by atoms with E-state index in [0.717, 1.165) is 16.6 Å². The molecule has 0 unspecified atom stereocenters. The first kappa shape index (κ1) is 22.8. The molecule has 5 nitrogen and oxygen atoms in total. The topological polar surface area (TPSA) is 59.4 Å². The first-order chi connectivity index (χ1) is 15.8. The molecule has 0 aliphatic rings. The molecule has 0 radical (unpaired) electrons. The van der Waals surface area contributed by atoms with Crippen molar-refractivity contribution in [3.8, 4) is 0 Å². The van der Waals surface area contributed by atoms with Gasteiger partial charge in [0.2, 0.25) is 15.7 Å². The molecule has 33 heavy (non-hydrogen) atoms. The number of benzene rings is 3. The predicted octanol–water partition coefficient (Wildman–Crippen LogP) is 5.22. The minimum absolute atomic E-state index is 0.00953. The van der Waals surface area contributed by atoms with Crippen LogP contribution in [0, 0.1) is 6.92 Å². The first-order valence-electron chi connectivity index (χ1n) is 11.0. The molecule has 0 N–H and O–H groups in total. The Morgan fingerprint density at radius 2 is 1.55 bits per heavy atom. The number of rotatable bonds is 7. The Morgan fingerprint density at radius 1 is 0.909 bits per heavy atom. The Hall–Kier alpha value is -3.38.